The van der Waals surface area contributed by atoms with Crippen molar-refractivity contribution in [3.63, 3.8) is 0 Å². The zero-order valence-corrected chi connectivity index (χ0v) is 19.9. The summed E-state index contributed by atoms with van der Waals surface area (Å²) in [7, 11) is 3.21. The summed E-state index contributed by atoms with van der Waals surface area (Å²) in [5, 5.41) is 6.31. The van der Waals surface area contributed by atoms with E-state index in [0.29, 0.717) is 17.9 Å². The fraction of sp³-hybridized carbons (Fsp3) is 0.286. The van der Waals surface area contributed by atoms with Crippen molar-refractivity contribution in [1.82, 2.24) is 9.91 Å². The number of fused-ring (bicyclic) bond motifs is 1. The van der Waals surface area contributed by atoms with E-state index in [1.54, 1.807) is 31.4 Å². The average Bonchev–Trinajstić information content (AvgIpc) is 3.34. The SMILES string of the molecule is COc1ccc([C@@H]2CC(c3ccc(F)cc3)=NN2C(=O)CN2CCc3ccccc3C2)c(OC)c1. The molecule has 0 aliphatic carbocycles. The monoisotopic (exact) mass is 473 g/mol. The maximum atomic E-state index is 13.6. The van der Waals surface area contributed by atoms with Crippen LogP contribution in [-0.4, -0.2) is 48.8 Å². The number of carbonyl (C=O) groups excluding carboxylic acids is 1. The highest BCUT2D eigenvalue weighted by molar-refractivity contribution is 6.03. The Bertz CT molecular complexity index is 1260. The fourth-order valence-electron chi connectivity index (χ4n) is 4.85. The number of amides is 1. The van der Waals surface area contributed by atoms with Crippen LogP contribution in [0.1, 0.15) is 34.7 Å². The smallest absolute Gasteiger partial charge is 0.257 e. The number of benzene rings is 3. The standard InChI is InChI=1S/C28H28FN3O3/c1-34-23-11-12-24(27(15-23)35-2)26-16-25(20-7-9-22(29)10-8-20)30-32(26)28(33)18-31-14-13-19-5-3-4-6-21(19)17-31/h3-12,15,26H,13-14,16-18H2,1-2H3/t26-/m0/s1. The third-order valence-electron chi connectivity index (χ3n) is 6.71. The molecule has 3 aromatic rings. The molecule has 2 heterocycles. The molecule has 0 aromatic heterocycles. The van der Waals surface area contributed by atoms with Crippen LogP contribution in [0, 0.1) is 5.82 Å². The van der Waals surface area contributed by atoms with Gasteiger partial charge in [-0.2, -0.15) is 5.10 Å². The zero-order valence-electron chi connectivity index (χ0n) is 19.9. The molecule has 0 spiro atoms. The summed E-state index contributed by atoms with van der Waals surface area (Å²) >= 11 is 0. The number of hydrogen-bond acceptors (Lipinski definition) is 5. The van der Waals surface area contributed by atoms with E-state index >= 15 is 0 Å². The molecule has 0 bridgehead atoms. The highest BCUT2D eigenvalue weighted by Gasteiger charge is 2.35. The molecule has 1 amide bonds. The number of halogens is 1. The van der Waals surface area contributed by atoms with Gasteiger partial charge in [0.05, 0.1) is 32.5 Å². The summed E-state index contributed by atoms with van der Waals surface area (Å²) in [6.07, 6.45) is 1.42. The Hall–Kier alpha value is -3.71. The molecule has 1 atom stereocenters. The minimum absolute atomic E-state index is 0.0793. The van der Waals surface area contributed by atoms with Crippen molar-refractivity contribution in [2.24, 2.45) is 5.10 Å². The van der Waals surface area contributed by atoms with E-state index < -0.39 is 0 Å². The number of nitrogens with zero attached hydrogens (tertiary/aromatic N) is 3. The second kappa shape index (κ2) is 9.88. The number of methoxy groups -OCH3 is 2. The quantitative estimate of drug-likeness (QED) is 0.526. The minimum Gasteiger partial charge on any atom is -0.497 e. The normalized spacial score (nSPS) is 17.6. The average molecular weight is 474 g/mol. The fourth-order valence-corrected chi connectivity index (χ4v) is 4.85. The Morgan fingerprint density at radius 1 is 1.03 bits per heavy atom. The summed E-state index contributed by atoms with van der Waals surface area (Å²) in [6.45, 7) is 1.83. The molecule has 35 heavy (non-hydrogen) atoms. The van der Waals surface area contributed by atoms with Gasteiger partial charge < -0.3 is 9.47 Å². The molecule has 0 N–H and O–H groups in total. The van der Waals surface area contributed by atoms with Crippen LogP contribution in [0.4, 0.5) is 4.39 Å². The number of ether oxygens (including phenoxy) is 2. The second-order valence-corrected chi connectivity index (χ2v) is 8.85. The lowest BCUT2D eigenvalue weighted by Crippen LogP contribution is -2.40. The van der Waals surface area contributed by atoms with E-state index in [4.69, 9.17) is 14.6 Å². The first-order valence-corrected chi connectivity index (χ1v) is 11.7. The van der Waals surface area contributed by atoms with Crippen molar-refractivity contribution in [3.05, 3.63) is 94.8 Å². The Labute approximate surface area is 204 Å². The van der Waals surface area contributed by atoms with Gasteiger partial charge in [0.25, 0.3) is 5.91 Å². The highest BCUT2D eigenvalue weighted by Crippen LogP contribution is 2.39. The van der Waals surface area contributed by atoms with Crippen LogP contribution >= 0.6 is 0 Å². The molecule has 7 heteroatoms. The van der Waals surface area contributed by atoms with Gasteiger partial charge in [-0.05, 0) is 47.4 Å². The molecule has 2 aliphatic heterocycles. The van der Waals surface area contributed by atoms with Crippen LogP contribution in [0.5, 0.6) is 11.5 Å². The number of hydrazone groups is 1. The van der Waals surface area contributed by atoms with Gasteiger partial charge in [-0.15, -0.1) is 0 Å². The van der Waals surface area contributed by atoms with Crippen LogP contribution in [0.2, 0.25) is 0 Å². The van der Waals surface area contributed by atoms with E-state index in [1.165, 1.54) is 23.3 Å². The summed E-state index contributed by atoms with van der Waals surface area (Å²) in [5.74, 6) is 0.922. The molecule has 0 saturated heterocycles. The van der Waals surface area contributed by atoms with Gasteiger partial charge in [-0.1, -0.05) is 36.4 Å². The first-order valence-electron chi connectivity index (χ1n) is 11.7. The lowest BCUT2D eigenvalue weighted by Gasteiger charge is -2.30. The largest absolute Gasteiger partial charge is 0.497 e. The van der Waals surface area contributed by atoms with Crippen LogP contribution < -0.4 is 9.47 Å². The predicted octanol–water partition coefficient (Wildman–Crippen LogP) is 4.58. The molecule has 0 unspecified atom stereocenters. The molecule has 0 fully saturated rings. The van der Waals surface area contributed by atoms with Crippen LogP contribution in [0.15, 0.2) is 71.8 Å². The molecular weight excluding hydrogens is 445 g/mol. The Morgan fingerprint density at radius 2 is 1.80 bits per heavy atom. The number of hydrogen-bond donors (Lipinski definition) is 0. The predicted molar refractivity (Wildman–Crippen MR) is 132 cm³/mol. The van der Waals surface area contributed by atoms with Crippen LogP contribution in [0.25, 0.3) is 0 Å². The van der Waals surface area contributed by atoms with Crippen molar-refractivity contribution >= 4 is 11.6 Å². The number of rotatable bonds is 6. The molecule has 180 valence electrons. The maximum absolute atomic E-state index is 13.6. The highest BCUT2D eigenvalue weighted by atomic mass is 19.1. The first-order chi connectivity index (χ1) is 17.1. The first kappa shape index (κ1) is 23.1. The van der Waals surface area contributed by atoms with E-state index in [1.807, 2.05) is 24.3 Å². The van der Waals surface area contributed by atoms with Crippen LogP contribution in [0.3, 0.4) is 0 Å². The van der Waals surface area contributed by atoms with Gasteiger partial charge >= 0.3 is 0 Å². The summed E-state index contributed by atoms with van der Waals surface area (Å²) in [6, 6.07) is 19.9. The van der Waals surface area contributed by atoms with Gasteiger partial charge in [0.1, 0.15) is 17.3 Å². The topological polar surface area (TPSA) is 54.4 Å². The molecular formula is C28H28FN3O3. The lowest BCUT2D eigenvalue weighted by atomic mass is 9.97. The lowest BCUT2D eigenvalue weighted by molar-refractivity contribution is -0.134. The van der Waals surface area contributed by atoms with Crippen LogP contribution in [-0.2, 0) is 17.8 Å². The molecule has 5 rings (SSSR count). The van der Waals surface area contributed by atoms with Crippen molar-refractivity contribution in [2.45, 2.75) is 25.4 Å². The maximum Gasteiger partial charge on any atom is 0.257 e. The Morgan fingerprint density at radius 3 is 2.54 bits per heavy atom. The van der Waals surface area contributed by atoms with E-state index in [-0.39, 0.29) is 24.3 Å². The van der Waals surface area contributed by atoms with Crippen molar-refractivity contribution in [2.75, 3.05) is 27.3 Å². The Kier molecular flexibility index (Phi) is 6.51. The molecule has 6 nitrogen and oxygen atoms in total. The number of carbonyl (C=O) groups is 1. The second-order valence-electron chi connectivity index (χ2n) is 8.85. The minimum atomic E-state index is -0.333. The molecule has 2 aliphatic rings. The van der Waals surface area contributed by atoms with E-state index in [0.717, 1.165) is 36.3 Å². The summed E-state index contributed by atoms with van der Waals surface area (Å²) in [4.78, 5) is 15.8. The van der Waals surface area contributed by atoms with E-state index in [2.05, 4.69) is 23.1 Å². The van der Waals surface area contributed by atoms with Gasteiger partial charge in [0.2, 0.25) is 0 Å². The van der Waals surface area contributed by atoms with Crippen molar-refractivity contribution < 1.29 is 18.7 Å². The van der Waals surface area contributed by atoms with Gasteiger partial charge in [-0.25, -0.2) is 9.40 Å². The van der Waals surface area contributed by atoms with Crippen molar-refractivity contribution in [1.29, 1.82) is 0 Å². The van der Waals surface area contributed by atoms with Gasteiger partial charge in [0, 0.05) is 31.1 Å². The molecule has 3 aromatic carbocycles. The summed E-state index contributed by atoms with van der Waals surface area (Å²) in [5.41, 5.74) is 4.99. The molecule has 0 saturated carbocycles. The summed E-state index contributed by atoms with van der Waals surface area (Å²) < 4.78 is 24.5. The van der Waals surface area contributed by atoms with Gasteiger partial charge in [0.15, 0.2) is 0 Å². The Balaban J connectivity index is 1.43. The third kappa shape index (κ3) is 4.77. The third-order valence-corrected chi connectivity index (χ3v) is 6.71. The van der Waals surface area contributed by atoms with Gasteiger partial charge in [-0.3, -0.25) is 9.69 Å². The van der Waals surface area contributed by atoms with E-state index in [9.17, 15) is 9.18 Å². The zero-order chi connectivity index (χ0) is 24.4. The molecule has 0 radical (unpaired) electrons. The van der Waals surface area contributed by atoms with Crippen molar-refractivity contribution in [3.8, 4) is 11.5 Å².